The van der Waals surface area contributed by atoms with Crippen LogP contribution >= 0.6 is 44.1 Å². The highest BCUT2D eigenvalue weighted by atomic mass is 79.9. The van der Waals surface area contributed by atoms with Gasteiger partial charge in [-0.3, -0.25) is 24.2 Å². The van der Waals surface area contributed by atoms with Crippen molar-refractivity contribution < 1.29 is 14.3 Å². The van der Waals surface area contributed by atoms with Crippen LogP contribution in [0.15, 0.2) is 44.1 Å². The topological polar surface area (TPSA) is 75.1 Å². The van der Waals surface area contributed by atoms with Gasteiger partial charge in [0.15, 0.2) is 5.11 Å². The van der Waals surface area contributed by atoms with Crippen LogP contribution in [-0.2, 0) is 22.6 Å². The Balaban J connectivity index is 1.55. The van der Waals surface area contributed by atoms with Gasteiger partial charge < -0.3 is 14.2 Å². The summed E-state index contributed by atoms with van der Waals surface area (Å²) in [5.74, 6) is 0.393. The molecular formula is C26H28Br2N4O4S. The van der Waals surface area contributed by atoms with Crippen molar-refractivity contribution in [3.63, 3.8) is 0 Å². The molecule has 2 aromatic rings. The van der Waals surface area contributed by atoms with E-state index in [1.165, 1.54) is 9.80 Å². The van der Waals surface area contributed by atoms with Crippen molar-refractivity contribution in [3.05, 3.63) is 60.9 Å². The van der Waals surface area contributed by atoms with Crippen LogP contribution < -0.4 is 10.3 Å². The van der Waals surface area contributed by atoms with Crippen molar-refractivity contribution in [3.8, 4) is 5.75 Å². The zero-order chi connectivity index (χ0) is 26.6. The molecule has 2 saturated heterocycles. The van der Waals surface area contributed by atoms with Crippen LogP contribution in [0.4, 0.5) is 0 Å². The number of carbonyl (C=O) groups excluding carboxylic acids is 2. The molecule has 196 valence electrons. The second-order valence-corrected chi connectivity index (χ2v) is 12.4. The number of carbonyl (C=O) groups is 2. The number of benzene rings is 1. The van der Waals surface area contributed by atoms with E-state index in [1.807, 2.05) is 28.8 Å². The molecule has 0 saturated carbocycles. The van der Waals surface area contributed by atoms with E-state index in [0.29, 0.717) is 25.4 Å². The normalized spacial score (nSPS) is 23.3. The van der Waals surface area contributed by atoms with Gasteiger partial charge in [-0.05, 0) is 64.2 Å². The van der Waals surface area contributed by atoms with Crippen LogP contribution in [-0.4, -0.2) is 77.0 Å². The second-order valence-electron chi connectivity index (χ2n) is 10.2. The fourth-order valence-corrected chi connectivity index (χ4v) is 7.92. The van der Waals surface area contributed by atoms with Crippen molar-refractivity contribution in [2.45, 2.75) is 25.3 Å². The number of fused-ring (bicyclic) bond motifs is 4. The lowest BCUT2D eigenvalue weighted by molar-refractivity contribution is -0.157. The average molecular weight is 652 g/mol. The number of amides is 2. The predicted octanol–water partition coefficient (Wildman–Crippen LogP) is 3.25. The summed E-state index contributed by atoms with van der Waals surface area (Å²) in [6, 6.07) is 9.20. The van der Waals surface area contributed by atoms with Gasteiger partial charge in [-0.15, -0.1) is 0 Å². The van der Waals surface area contributed by atoms with E-state index in [1.54, 1.807) is 27.3 Å². The number of hydrogen-bond donors (Lipinski definition) is 0. The van der Waals surface area contributed by atoms with Gasteiger partial charge in [0.25, 0.3) is 5.56 Å². The summed E-state index contributed by atoms with van der Waals surface area (Å²) in [6.45, 7) is 2.27. The maximum absolute atomic E-state index is 14.0. The second kappa shape index (κ2) is 9.91. The van der Waals surface area contributed by atoms with Crippen LogP contribution in [0.25, 0.3) is 0 Å². The number of aromatic nitrogens is 1. The average Bonchev–Trinajstić information content (AvgIpc) is 2.85. The lowest BCUT2D eigenvalue weighted by atomic mass is 9.75. The molecule has 3 aliphatic rings. The van der Waals surface area contributed by atoms with Crippen LogP contribution in [0.2, 0.25) is 0 Å². The molecule has 5 rings (SSSR count). The van der Waals surface area contributed by atoms with Gasteiger partial charge in [-0.1, -0.05) is 22.0 Å². The number of pyridine rings is 1. The number of piperidine rings is 1. The summed E-state index contributed by atoms with van der Waals surface area (Å²) in [5.41, 5.74) is 0.409. The molecule has 1 unspecified atom stereocenters. The number of hydrogen-bond acceptors (Lipinski definition) is 6. The molecule has 2 fully saturated rings. The molecule has 2 bridgehead atoms. The lowest BCUT2D eigenvalue weighted by Crippen LogP contribution is -2.67. The fraction of sp³-hybridized carbons (Fsp3) is 0.462. The highest BCUT2D eigenvalue weighted by molar-refractivity contribution is 9.11. The molecular weight excluding hydrogens is 624 g/mol. The molecule has 0 radical (unpaired) electrons. The Kier molecular flexibility index (Phi) is 7.10. The molecule has 11 heteroatoms. The van der Waals surface area contributed by atoms with E-state index < -0.39 is 5.41 Å². The SMILES string of the molecule is COc1c(Br)cc(Br)cc1CC1(CN2CC3C[C@H](C2)Cn2c3cccc2=O)C(=O)N(C)C(=S)N(C)C1=O. The molecule has 4 heterocycles. The molecule has 0 N–H and O–H groups in total. The predicted molar refractivity (Wildman–Crippen MR) is 151 cm³/mol. The van der Waals surface area contributed by atoms with Gasteiger partial charge in [0.1, 0.15) is 11.2 Å². The highest BCUT2D eigenvalue weighted by Crippen LogP contribution is 2.42. The zero-order valence-corrected chi connectivity index (χ0v) is 24.9. The van der Waals surface area contributed by atoms with Crippen LogP contribution in [0.5, 0.6) is 5.75 Å². The minimum atomic E-state index is -1.39. The van der Waals surface area contributed by atoms with Crippen LogP contribution in [0, 0.1) is 11.3 Å². The van der Waals surface area contributed by atoms with Gasteiger partial charge in [0, 0.05) is 68.8 Å². The van der Waals surface area contributed by atoms with Gasteiger partial charge >= 0.3 is 0 Å². The van der Waals surface area contributed by atoms with E-state index >= 15 is 0 Å². The smallest absolute Gasteiger partial charge is 0.250 e. The first-order valence-corrected chi connectivity index (χ1v) is 14.1. The number of rotatable bonds is 5. The summed E-state index contributed by atoms with van der Waals surface area (Å²) >= 11 is 12.5. The van der Waals surface area contributed by atoms with E-state index in [-0.39, 0.29) is 47.3 Å². The number of methoxy groups -OCH3 is 1. The summed E-state index contributed by atoms with van der Waals surface area (Å²) in [6.07, 6.45) is 1.15. The first kappa shape index (κ1) is 26.5. The molecule has 3 aliphatic heterocycles. The van der Waals surface area contributed by atoms with Crippen molar-refractivity contribution in [1.82, 2.24) is 19.3 Å². The first-order valence-electron chi connectivity index (χ1n) is 12.1. The summed E-state index contributed by atoms with van der Waals surface area (Å²) in [5, 5.41) is 0.192. The number of nitrogens with zero attached hydrogens (tertiary/aromatic N) is 4. The Hall–Kier alpha value is -2.08. The van der Waals surface area contributed by atoms with Crippen molar-refractivity contribution in [2.75, 3.05) is 40.8 Å². The molecule has 1 aromatic heterocycles. The van der Waals surface area contributed by atoms with Crippen molar-refractivity contribution in [1.29, 1.82) is 0 Å². The summed E-state index contributed by atoms with van der Waals surface area (Å²) in [4.78, 5) is 45.5. The lowest BCUT2D eigenvalue weighted by Gasteiger charge is -2.48. The Labute approximate surface area is 237 Å². The van der Waals surface area contributed by atoms with E-state index in [4.69, 9.17) is 17.0 Å². The third-order valence-electron chi connectivity index (χ3n) is 7.83. The molecule has 8 nitrogen and oxygen atoms in total. The highest BCUT2D eigenvalue weighted by Gasteiger charge is 2.56. The van der Waals surface area contributed by atoms with Gasteiger partial charge in [-0.25, -0.2) is 0 Å². The largest absolute Gasteiger partial charge is 0.495 e. The molecule has 2 amide bonds. The van der Waals surface area contributed by atoms with Gasteiger partial charge in [0.2, 0.25) is 11.8 Å². The Morgan fingerprint density at radius 3 is 2.43 bits per heavy atom. The van der Waals surface area contributed by atoms with Crippen molar-refractivity contribution >= 4 is 61.0 Å². The number of thiocarbonyl (C=S) groups is 1. The van der Waals surface area contributed by atoms with E-state index in [9.17, 15) is 14.4 Å². The maximum Gasteiger partial charge on any atom is 0.250 e. The third-order valence-corrected chi connectivity index (χ3v) is 9.43. The summed E-state index contributed by atoms with van der Waals surface area (Å²) in [7, 11) is 4.83. The quantitative estimate of drug-likeness (QED) is 0.365. The van der Waals surface area contributed by atoms with Crippen LogP contribution in [0.3, 0.4) is 0 Å². The zero-order valence-electron chi connectivity index (χ0n) is 20.9. The van der Waals surface area contributed by atoms with E-state index in [0.717, 1.165) is 26.6 Å². The molecule has 1 aromatic carbocycles. The Bertz CT molecular complexity index is 1340. The summed E-state index contributed by atoms with van der Waals surface area (Å²) < 4.78 is 9.10. The third kappa shape index (κ3) is 4.47. The number of likely N-dealkylation sites (tertiary alicyclic amines) is 1. The monoisotopic (exact) mass is 650 g/mol. The molecule has 0 aliphatic carbocycles. The number of ether oxygens (including phenoxy) is 1. The molecule has 0 spiro atoms. The minimum Gasteiger partial charge on any atom is -0.495 e. The van der Waals surface area contributed by atoms with Crippen molar-refractivity contribution in [2.24, 2.45) is 11.3 Å². The van der Waals surface area contributed by atoms with Gasteiger partial charge in [-0.2, -0.15) is 0 Å². The van der Waals surface area contributed by atoms with E-state index in [2.05, 4.69) is 36.8 Å². The fourth-order valence-electron chi connectivity index (χ4n) is 6.28. The standard InChI is InChI=1S/C26H28Br2N4O4S/c1-29-23(34)26(24(35)30(2)25(29)37,10-16-8-18(27)9-19(28)22(16)36-3)14-31-11-15-7-17(13-31)20-5-4-6-21(33)32(20)12-15/h4-6,8-9,15,17H,7,10-14H2,1-3H3/t15-,17?/m1/s1. The molecule has 2 atom stereocenters. The first-order chi connectivity index (χ1) is 17.6. The molecule has 37 heavy (non-hydrogen) atoms. The minimum absolute atomic E-state index is 0.0267. The van der Waals surface area contributed by atoms with Crippen LogP contribution in [0.1, 0.15) is 23.6 Å². The number of halogens is 2. The van der Waals surface area contributed by atoms with Gasteiger partial charge in [0.05, 0.1) is 11.6 Å². The Morgan fingerprint density at radius 2 is 1.76 bits per heavy atom. The Morgan fingerprint density at radius 1 is 1.05 bits per heavy atom. The maximum atomic E-state index is 14.0.